The Balaban J connectivity index is 2.26. The Morgan fingerprint density at radius 3 is 1.79 bits per heavy atom. The zero-order valence-electron chi connectivity index (χ0n) is 10.8. The molecular weight excluding hydrogens is 255 g/mol. The minimum Gasteiger partial charge on any atom is -0.434 e. The van der Waals surface area contributed by atoms with Crippen molar-refractivity contribution < 1.29 is 8.83 Å². The fourth-order valence-corrected chi connectivity index (χ4v) is 6.07. The van der Waals surface area contributed by atoms with Crippen molar-refractivity contribution in [1.29, 1.82) is 0 Å². The van der Waals surface area contributed by atoms with E-state index in [4.69, 9.17) is 8.83 Å². The molecule has 0 amide bonds. The molecule has 0 saturated heterocycles. The molecule has 19 heavy (non-hydrogen) atoms. The molecule has 0 aliphatic rings. The maximum atomic E-state index is 5.76. The van der Waals surface area contributed by atoms with Gasteiger partial charge in [0.25, 0.3) is 11.0 Å². The maximum absolute atomic E-state index is 5.76. The molecule has 1 aromatic carbocycles. The van der Waals surface area contributed by atoms with Crippen molar-refractivity contribution >= 4 is 23.6 Å². The van der Waals surface area contributed by atoms with Gasteiger partial charge in [-0.2, -0.15) is 0 Å². The predicted molar refractivity (Wildman–Crippen MR) is 80.2 cm³/mol. The molecule has 0 fully saturated rings. The first-order valence-electron chi connectivity index (χ1n) is 6.40. The molecule has 2 nitrogen and oxygen atoms in total. The molecule has 3 rings (SSSR count). The van der Waals surface area contributed by atoms with E-state index in [-0.39, 0.29) is 0 Å². The first-order chi connectivity index (χ1) is 9.38. The number of furan rings is 2. The summed E-state index contributed by atoms with van der Waals surface area (Å²) >= 11 is 0. The molecule has 2 aromatic heterocycles. The molecule has 0 N–H and O–H groups in total. The summed E-state index contributed by atoms with van der Waals surface area (Å²) in [5.74, 6) is 0. The van der Waals surface area contributed by atoms with Gasteiger partial charge in [-0.1, -0.05) is 18.2 Å². The molecular formula is C16H16O2P+. The number of benzene rings is 1. The van der Waals surface area contributed by atoms with E-state index in [1.807, 2.05) is 18.2 Å². The topological polar surface area (TPSA) is 26.3 Å². The molecule has 0 radical (unpaired) electrons. The van der Waals surface area contributed by atoms with Gasteiger partial charge in [-0.3, -0.25) is 0 Å². The predicted octanol–water partition coefficient (Wildman–Crippen LogP) is 3.19. The molecule has 0 aliphatic carbocycles. The van der Waals surface area contributed by atoms with Gasteiger partial charge in [-0.05, 0) is 31.2 Å². The van der Waals surface area contributed by atoms with Gasteiger partial charge >= 0.3 is 0 Å². The molecule has 3 aromatic rings. The van der Waals surface area contributed by atoms with Gasteiger partial charge in [-0.25, -0.2) is 0 Å². The van der Waals surface area contributed by atoms with Crippen LogP contribution in [-0.4, -0.2) is 6.16 Å². The quantitative estimate of drug-likeness (QED) is 0.681. The van der Waals surface area contributed by atoms with Gasteiger partial charge < -0.3 is 8.83 Å². The largest absolute Gasteiger partial charge is 0.434 e. The Hall–Kier alpha value is -1.79. The Bertz CT molecular complexity index is 578. The van der Waals surface area contributed by atoms with Crippen LogP contribution < -0.4 is 16.3 Å². The number of hydrogen-bond donors (Lipinski definition) is 0. The van der Waals surface area contributed by atoms with Crippen LogP contribution in [0.3, 0.4) is 0 Å². The van der Waals surface area contributed by atoms with E-state index in [1.54, 1.807) is 12.5 Å². The van der Waals surface area contributed by atoms with E-state index in [1.165, 1.54) is 5.30 Å². The second-order valence-electron chi connectivity index (χ2n) is 4.36. The van der Waals surface area contributed by atoms with Crippen LogP contribution in [0.5, 0.6) is 0 Å². The highest BCUT2D eigenvalue weighted by Gasteiger charge is 2.49. The Morgan fingerprint density at radius 2 is 1.37 bits per heavy atom. The second-order valence-corrected chi connectivity index (χ2v) is 8.01. The van der Waals surface area contributed by atoms with Gasteiger partial charge in [-0.15, -0.1) is 0 Å². The lowest BCUT2D eigenvalue weighted by atomic mass is 10.4. The third-order valence-corrected chi connectivity index (χ3v) is 7.58. The standard InChI is InChI=1S/C16H16O2P/c1-2-19(15-10-6-12-17-15,16-11-7-13-18-16)14-8-4-3-5-9-14/h3-13H,2H2,1H3/q+1. The van der Waals surface area contributed by atoms with E-state index in [0.717, 1.165) is 17.2 Å². The van der Waals surface area contributed by atoms with Crippen molar-refractivity contribution in [2.45, 2.75) is 6.92 Å². The summed E-state index contributed by atoms with van der Waals surface area (Å²) in [6, 6.07) is 18.6. The fraction of sp³-hybridized carbons (Fsp3) is 0.125. The monoisotopic (exact) mass is 271 g/mol. The highest BCUT2D eigenvalue weighted by atomic mass is 31.2. The zero-order valence-corrected chi connectivity index (χ0v) is 11.7. The molecule has 0 spiro atoms. The van der Waals surface area contributed by atoms with Gasteiger partial charge in [0, 0.05) is 12.1 Å². The highest BCUT2D eigenvalue weighted by Crippen LogP contribution is 2.54. The molecule has 0 unspecified atom stereocenters. The van der Waals surface area contributed by atoms with Crippen molar-refractivity contribution in [3.63, 3.8) is 0 Å². The summed E-state index contributed by atoms with van der Waals surface area (Å²) < 4.78 is 11.5. The summed E-state index contributed by atoms with van der Waals surface area (Å²) in [5, 5.41) is 1.29. The summed E-state index contributed by atoms with van der Waals surface area (Å²) in [6.07, 6.45) is 4.47. The Labute approximate surface area is 113 Å². The summed E-state index contributed by atoms with van der Waals surface area (Å²) in [6.45, 7) is 2.20. The minimum atomic E-state index is -1.77. The SMILES string of the molecule is CC[P+](c1ccccc1)(c1ccco1)c1ccco1. The van der Waals surface area contributed by atoms with Crippen molar-refractivity contribution in [2.75, 3.05) is 6.16 Å². The molecule has 96 valence electrons. The minimum absolute atomic E-state index is 0.984. The van der Waals surface area contributed by atoms with Gasteiger partial charge in [0.15, 0.2) is 7.26 Å². The smallest absolute Gasteiger partial charge is 0.259 e. The normalized spacial score (nSPS) is 11.6. The van der Waals surface area contributed by atoms with Crippen LogP contribution in [0, 0.1) is 0 Å². The third-order valence-electron chi connectivity index (χ3n) is 3.44. The Morgan fingerprint density at radius 1 is 0.789 bits per heavy atom. The molecule has 0 saturated carbocycles. The van der Waals surface area contributed by atoms with Crippen LogP contribution in [0.2, 0.25) is 0 Å². The molecule has 2 heterocycles. The van der Waals surface area contributed by atoms with Crippen LogP contribution in [0.1, 0.15) is 6.92 Å². The Kier molecular flexibility index (Phi) is 3.27. The highest BCUT2D eigenvalue weighted by molar-refractivity contribution is 7.95. The van der Waals surface area contributed by atoms with Crippen molar-refractivity contribution in [3.8, 4) is 0 Å². The van der Waals surface area contributed by atoms with Crippen LogP contribution in [0.4, 0.5) is 0 Å². The number of rotatable bonds is 4. The average Bonchev–Trinajstić information content (AvgIpc) is 3.15. The third kappa shape index (κ3) is 1.93. The summed E-state index contributed by atoms with van der Waals surface area (Å²) in [7, 11) is -1.77. The van der Waals surface area contributed by atoms with E-state index in [9.17, 15) is 0 Å². The van der Waals surface area contributed by atoms with Crippen molar-refractivity contribution in [2.24, 2.45) is 0 Å². The first kappa shape index (κ1) is 12.3. The molecule has 0 aliphatic heterocycles. The van der Waals surface area contributed by atoms with Crippen LogP contribution in [0.15, 0.2) is 76.0 Å². The maximum Gasteiger partial charge on any atom is 0.259 e. The summed E-state index contributed by atoms with van der Waals surface area (Å²) in [4.78, 5) is 0. The fourth-order valence-electron chi connectivity index (χ4n) is 2.51. The molecule has 0 bridgehead atoms. The average molecular weight is 271 g/mol. The van der Waals surface area contributed by atoms with E-state index in [0.29, 0.717) is 0 Å². The van der Waals surface area contributed by atoms with Crippen LogP contribution >= 0.6 is 7.26 Å². The van der Waals surface area contributed by atoms with Crippen molar-refractivity contribution in [1.82, 2.24) is 0 Å². The van der Waals surface area contributed by atoms with Gasteiger partial charge in [0.05, 0.1) is 18.7 Å². The lowest BCUT2D eigenvalue weighted by molar-refractivity contribution is 0.591. The van der Waals surface area contributed by atoms with Crippen LogP contribution in [0.25, 0.3) is 0 Å². The second kappa shape index (κ2) is 5.07. The van der Waals surface area contributed by atoms with Crippen LogP contribution in [-0.2, 0) is 0 Å². The van der Waals surface area contributed by atoms with E-state index < -0.39 is 7.26 Å². The van der Waals surface area contributed by atoms with Gasteiger partial charge in [0.1, 0.15) is 5.30 Å². The van der Waals surface area contributed by atoms with Crippen molar-refractivity contribution in [3.05, 3.63) is 67.1 Å². The zero-order chi connectivity index (χ0) is 13.1. The molecule has 3 heteroatoms. The van der Waals surface area contributed by atoms with E-state index >= 15 is 0 Å². The van der Waals surface area contributed by atoms with Gasteiger partial charge in [0.2, 0.25) is 0 Å². The van der Waals surface area contributed by atoms with E-state index in [2.05, 4.69) is 43.3 Å². The lowest BCUT2D eigenvalue weighted by Gasteiger charge is -2.20. The number of hydrogen-bond acceptors (Lipinski definition) is 2. The lowest BCUT2D eigenvalue weighted by Crippen LogP contribution is -2.31. The first-order valence-corrected chi connectivity index (χ1v) is 8.37. The molecule has 0 atom stereocenters. The summed E-state index contributed by atoms with van der Waals surface area (Å²) in [5.41, 5.74) is 2.05.